The summed E-state index contributed by atoms with van der Waals surface area (Å²) in [6.45, 7) is 0. The van der Waals surface area contributed by atoms with Crippen molar-refractivity contribution in [3.63, 3.8) is 0 Å². The van der Waals surface area contributed by atoms with Crippen molar-refractivity contribution in [3.05, 3.63) is 11.9 Å². The molecule has 12 heavy (non-hydrogen) atoms. The molecule has 0 aromatic rings. The van der Waals surface area contributed by atoms with Gasteiger partial charge in [0.1, 0.15) is 5.83 Å². The van der Waals surface area contributed by atoms with E-state index in [0.717, 1.165) is 0 Å². The molecule has 0 N–H and O–H groups in total. The standard InChI is InChI=1S/C6H2ClF3N2/c7-6(10)1-3(8)4(2-11)12-5(6)9/h1,4H. The van der Waals surface area contributed by atoms with E-state index in [1.165, 1.54) is 6.07 Å². The fourth-order valence-corrected chi connectivity index (χ4v) is 0.816. The SMILES string of the molecule is N#CC1N=C(F)C(F)(Cl)C=C1F. The van der Waals surface area contributed by atoms with Gasteiger partial charge in [0.25, 0.3) is 5.13 Å². The quantitative estimate of drug-likeness (QED) is 0.544. The van der Waals surface area contributed by atoms with Crippen LogP contribution in [0.1, 0.15) is 0 Å². The van der Waals surface area contributed by atoms with Crippen molar-refractivity contribution in [2.45, 2.75) is 11.2 Å². The lowest BCUT2D eigenvalue weighted by molar-refractivity contribution is 0.390. The molecular formula is C6H2ClF3N2. The Morgan fingerprint density at radius 2 is 2.25 bits per heavy atom. The van der Waals surface area contributed by atoms with Crippen LogP contribution in [0.3, 0.4) is 0 Å². The zero-order valence-corrected chi connectivity index (χ0v) is 6.32. The Morgan fingerprint density at radius 1 is 1.67 bits per heavy atom. The summed E-state index contributed by atoms with van der Waals surface area (Å²) in [6, 6.07) is -0.292. The predicted octanol–water partition coefficient (Wildman–Crippen LogP) is 2.02. The number of dihydropyridines is 1. The van der Waals surface area contributed by atoms with Crippen molar-refractivity contribution in [3.8, 4) is 6.07 Å². The molecular weight excluding hydrogens is 193 g/mol. The first-order chi connectivity index (χ1) is 5.47. The molecule has 0 aromatic carbocycles. The Balaban J connectivity index is 3.05. The number of hydrogen-bond donors (Lipinski definition) is 0. The van der Waals surface area contributed by atoms with Gasteiger partial charge in [0.2, 0.25) is 5.97 Å². The Bertz CT molecular complexity index is 302. The van der Waals surface area contributed by atoms with Gasteiger partial charge in [-0.3, -0.25) is 0 Å². The van der Waals surface area contributed by atoms with Crippen molar-refractivity contribution in [2.75, 3.05) is 0 Å². The summed E-state index contributed by atoms with van der Waals surface area (Å²) in [4.78, 5) is 2.77. The molecule has 0 spiro atoms. The van der Waals surface area contributed by atoms with E-state index < -0.39 is 23.0 Å². The molecule has 1 aliphatic rings. The fourth-order valence-electron chi connectivity index (χ4n) is 0.663. The Hall–Kier alpha value is -1.02. The molecule has 2 nitrogen and oxygen atoms in total. The van der Waals surface area contributed by atoms with Crippen LogP contribution in [0, 0.1) is 11.3 Å². The Morgan fingerprint density at radius 3 is 2.75 bits per heavy atom. The lowest BCUT2D eigenvalue weighted by Gasteiger charge is -2.16. The highest BCUT2D eigenvalue weighted by atomic mass is 35.5. The summed E-state index contributed by atoms with van der Waals surface area (Å²) < 4.78 is 37.7. The van der Waals surface area contributed by atoms with Crippen LogP contribution in [0.2, 0.25) is 0 Å². The summed E-state index contributed by atoms with van der Waals surface area (Å²) in [7, 11) is 0. The first-order valence-electron chi connectivity index (χ1n) is 2.87. The van der Waals surface area contributed by atoms with Gasteiger partial charge in [-0.15, -0.1) is 0 Å². The second-order valence-electron chi connectivity index (χ2n) is 2.10. The molecule has 0 aliphatic carbocycles. The van der Waals surface area contributed by atoms with Gasteiger partial charge in [-0.1, -0.05) is 11.6 Å². The molecule has 1 heterocycles. The largest absolute Gasteiger partial charge is 0.273 e. The first kappa shape index (κ1) is 9.07. The second kappa shape index (κ2) is 2.79. The van der Waals surface area contributed by atoms with Crippen LogP contribution in [-0.4, -0.2) is 17.1 Å². The fraction of sp³-hybridized carbons (Fsp3) is 0.333. The minimum absolute atomic E-state index is 0.185. The molecule has 0 bridgehead atoms. The van der Waals surface area contributed by atoms with Crippen LogP contribution in [0.25, 0.3) is 0 Å². The Labute approximate surface area is 71.0 Å². The highest BCUT2D eigenvalue weighted by Crippen LogP contribution is 2.30. The molecule has 2 atom stereocenters. The number of allylic oxidation sites excluding steroid dienone is 1. The maximum atomic E-state index is 12.7. The van der Waals surface area contributed by atoms with Gasteiger partial charge in [0, 0.05) is 6.08 Å². The molecule has 6 heteroatoms. The van der Waals surface area contributed by atoms with E-state index in [1.807, 2.05) is 0 Å². The molecule has 0 saturated carbocycles. The minimum atomic E-state index is -3.04. The smallest absolute Gasteiger partial charge is 0.231 e. The highest BCUT2D eigenvalue weighted by molar-refractivity contribution is 6.35. The van der Waals surface area contributed by atoms with E-state index in [9.17, 15) is 13.2 Å². The minimum Gasteiger partial charge on any atom is -0.231 e. The third-order valence-corrected chi connectivity index (χ3v) is 1.49. The van der Waals surface area contributed by atoms with E-state index >= 15 is 0 Å². The van der Waals surface area contributed by atoms with Crippen molar-refractivity contribution in [2.24, 2.45) is 4.99 Å². The van der Waals surface area contributed by atoms with E-state index in [4.69, 9.17) is 16.9 Å². The number of alkyl halides is 2. The average Bonchev–Trinajstić information content (AvgIpc) is 1.96. The second-order valence-corrected chi connectivity index (χ2v) is 2.65. The van der Waals surface area contributed by atoms with Crippen molar-refractivity contribution < 1.29 is 13.2 Å². The lowest BCUT2D eigenvalue weighted by atomic mass is 10.2. The summed E-state index contributed by atoms with van der Waals surface area (Å²) in [5, 5.41) is 5.14. The van der Waals surface area contributed by atoms with Crippen molar-refractivity contribution in [1.29, 1.82) is 5.26 Å². The monoisotopic (exact) mass is 194 g/mol. The molecule has 1 aliphatic heterocycles. The first-order valence-corrected chi connectivity index (χ1v) is 3.24. The van der Waals surface area contributed by atoms with Crippen LogP contribution in [0.4, 0.5) is 13.2 Å². The van der Waals surface area contributed by atoms with E-state index in [1.54, 1.807) is 0 Å². The van der Waals surface area contributed by atoms with Gasteiger partial charge in [-0.05, 0) is 0 Å². The summed E-state index contributed by atoms with van der Waals surface area (Å²) in [5.41, 5.74) is 0. The molecule has 0 fully saturated rings. The zero-order chi connectivity index (χ0) is 9.35. The van der Waals surface area contributed by atoms with Crippen LogP contribution < -0.4 is 0 Å². The third-order valence-electron chi connectivity index (χ3n) is 1.22. The van der Waals surface area contributed by atoms with Gasteiger partial charge in [0.15, 0.2) is 6.04 Å². The van der Waals surface area contributed by atoms with Crippen molar-refractivity contribution in [1.82, 2.24) is 0 Å². The summed E-state index contributed by atoms with van der Waals surface area (Å²) >= 11 is 4.84. The van der Waals surface area contributed by atoms with E-state index in [0.29, 0.717) is 0 Å². The normalized spacial score (nSPS) is 35.1. The van der Waals surface area contributed by atoms with Gasteiger partial charge < -0.3 is 0 Å². The molecule has 0 radical (unpaired) electrons. The molecule has 2 unspecified atom stereocenters. The molecule has 0 saturated heterocycles. The van der Waals surface area contributed by atoms with E-state index in [-0.39, 0.29) is 6.08 Å². The number of halogens is 4. The average molecular weight is 195 g/mol. The number of hydrogen-bond acceptors (Lipinski definition) is 2. The van der Waals surface area contributed by atoms with Gasteiger partial charge in [0.05, 0.1) is 6.07 Å². The predicted molar refractivity (Wildman–Crippen MR) is 36.8 cm³/mol. The van der Waals surface area contributed by atoms with E-state index in [2.05, 4.69) is 4.99 Å². The topological polar surface area (TPSA) is 36.1 Å². The van der Waals surface area contributed by atoms with Crippen LogP contribution in [0.5, 0.6) is 0 Å². The third kappa shape index (κ3) is 1.43. The molecule has 1 rings (SSSR count). The van der Waals surface area contributed by atoms with Crippen LogP contribution >= 0.6 is 11.6 Å². The lowest BCUT2D eigenvalue weighted by Crippen LogP contribution is -2.28. The number of rotatable bonds is 0. The van der Waals surface area contributed by atoms with Gasteiger partial charge in [-0.2, -0.15) is 9.65 Å². The maximum Gasteiger partial charge on any atom is 0.273 e. The van der Waals surface area contributed by atoms with Gasteiger partial charge in [-0.25, -0.2) is 13.8 Å². The summed E-state index contributed by atoms with van der Waals surface area (Å²) in [5.74, 6) is -2.78. The van der Waals surface area contributed by atoms with Crippen LogP contribution in [0.15, 0.2) is 16.9 Å². The maximum absolute atomic E-state index is 12.7. The Kier molecular flexibility index (Phi) is 2.11. The van der Waals surface area contributed by atoms with Crippen molar-refractivity contribution >= 4 is 17.6 Å². The van der Waals surface area contributed by atoms with Crippen LogP contribution in [-0.2, 0) is 0 Å². The number of nitrogens with zero attached hydrogens (tertiary/aromatic N) is 2. The number of nitriles is 1. The number of aliphatic imine (C=N–C) groups is 1. The summed E-state index contributed by atoms with van der Waals surface area (Å²) in [6.07, 6.45) is 0.185. The molecule has 0 amide bonds. The zero-order valence-electron chi connectivity index (χ0n) is 5.56. The highest BCUT2D eigenvalue weighted by Gasteiger charge is 2.38. The molecule has 0 aromatic heterocycles. The van der Waals surface area contributed by atoms with Gasteiger partial charge >= 0.3 is 0 Å². The molecule has 64 valence electrons.